The Morgan fingerprint density at radius 3 is 2.77 bits per heavy atom. The monoisotopic (exact) mass is 413 g/mol. The Kier molecular flexibility index (Phi) is 7.33. The van der Waals surface area contributed by atoms with Crippen LogP contribution in [0.3, 0.4) is 0 Å². The fraction of sp³-hybridized carbons (Fsp3) is 0.609. The third-order valence-electron chi connectivity index (χ3n) is 6.58. The van der Waals surface area contributed by atoms with Gasteiger partial charge in [0.1, 0.15) is 6.04 Å². The largest absolute Gasteiger partial charge is 0.480 e. The Morgan fingerprint density at radius 1 is 1.30 bits per heavy atom. The Balaban J connectivity index is 1.63. The van der Waals surface area contributed by atoms with Crippen molar-refractivity contribution in [3.8, 4) is 6.07 Å². The summed E-state index contributed by atoms with van der Waals surface area (Å²) in [5.74, 6) is 0.0702. The SMILES string of the molecule is COC(=O)N1C[C@@H]2CCC(CN(CC#N)Cc3cccc(C)c3)CC2CC1C(=O)O. The number of carboxylic acid groups (broad SMARTS) is 1. The van der Waals surface area contributed by atoms with Gasteiger partial charge in [0.15, 0.2) is 0 Å². The van der Waals surface area contributed by atoms with E-state index >= 15 is 0 Å². The number of benzene rings is 1. The molecule has 3 unspecified atom stereocenters. The number of carbonyl (C=O) groups is 2. The van der Waals surface area contributed by atoms with Crippen LogP contribution in [0.15, 0.2) is 24.3 Å². The zero-order valence-electron chi connectivity index (χ0n) is 17.8. The lowest BCUT2D eigenvalue weighted by atomic mass is 9.69. The van der Waals surface area contributed by atoms with E-state index in [1.807, 2.05) is 6.07 Å². The highest BCUT2D eigenvalue weighted by molar-refractivity contribution is 5.80. The summed E-state index contributed by atoms with van der Waals surface area (Å²) in [6.45, 7) is 4.48. The van der Waals surface area contributed by atoms with Gasteiger partial charge in [0.25, 0.3) is 0 Å². The Hall–Kier alpha value is -2.59. The maximum absolute atomic E-state index is 12.0. The van der Waals surface area contributed by atoms with Crippen LogP contribution >= 0.6 is 0 Å². The van der Waals surface area contributed by atoms with Gasteiger partial charge in [-0.2, -0.15) is 5.26 Å². The molecule has 7 heteroatoms. The number of aryl methyl sites for hydroxylation is 1. The first-order valence-corrected chi connectivity index (χ1v) is 10.6. The van der Waals surface area contributed by atoms with Gasteiger partial charge in [-0.25, -0.2) is 9.59 Å². The molecule has 1 saturated heterocycles. The minimum absolute atomic E-state index is 0.286. The molecule has 0 spiro atoms. The number of piperidine rings is 1. The van der Waals surface area contributed by atoms with E-state index in [0.29, 0.717) is 31.3 Å². The van der Waals surface area contributed by atoms with Gasteiger partial charge in [0.05, 0.1) is 19.7 Å². The summed E-state index contributed by atoms with van der Waals surface area (Å²) in [4.78, 5) is 27.4. The van der Waals surface area contributed by atoms with Crippen LogP contribution in [-0.4, -0.2) is 59.8 Å². The fourth-order valence-corrected chi connectivity index (χ4v) is 5.18. The van der Waals surface area contributed by atoms with Crippen molar-refractivity contribution in [1.29, 1.82) is 5.26 Å². The number of aliphatic carboxylic acids is 1. The summed E-state index contributed by atoms with van der Waals surface area (Å²) >= 11 is 0. The number of carbonyl (C=O) groups excluding carboxylic acids is 1. The van der Waals surface area contributed by atoms with Crippen LogP contribution in [0.1, 0.15) is 36.8 Å². The van der Waals surface area contributed by atoms with Crippen molar-refractivity contribution in [3.05, 3.63) is 35.4 Å². The molecule has 1 N–H and O–H groups in total. The number of fused-ring (bicyclic) bond motifs is 1. The van der Waals surface area contributed by atoms with Crippen molar-refractivity contribution in [2.75, 3.05) is 26.7 Å². The van der Waals surface area contributed by atoms with E-state index in [1.54, 1.807) is 0 Å². The summed E-state index contributed by atoms with van der Waals surface area (Å²) in [6.07, 6.45) is 2.87. The summed E-state index contributed by atoms with van der Waals surface area (Å²) in [6, 6.07) is 9.82. The highest BCUT2D eigenvalue weighted by Crippen LogP contribution is 2.41. The average molecular weight is 414 g/mol. The van der Waals surface area contributed by atoms with Gasteiger partial charge in [-0.05, 0) is 55.9 Å². The molecule has 1 aliphatic heterocycles. The summed E-state index contributed by atoms with van der Waals surface area (Å²) in [5, 5.41) is 18.9. The number of nitrogens with zero attached hydrogens (tertiary/aromatic N) is 3. The van der Waals surface area contributed by atoms with Crippen LogP contribution in [0.25, 0.3) is 0 Å². The molecule has 1 aliphatic carbocycles. The van der Waals surface area contributed by atoms with Gasteiger partial charge >= 0.3 is 12.1 Å². The molecular formula is C23H31N3O4. The number of hydrogen-bond donors (Lipinski definition) is 1. The molecule has 0 radical (unpaired) electrons. The zero-order chi connectivity index (χ0) is 21.7. The number of carboxylic acids is 1. The van der Waals surface area contributed by atoms with Gasteiger partial charge < -0.3 is 9.84 Å². The molecule has 1 aromatic carbocycles. The van der Waals surface area contributed by atoms with Crippen LogP contribution in [0.5, 0.6) is 0 Å². The molecule has 0 bridgehead atoms. The van der Waals surface area contributed by atoms with E-state index < -0.39 is 18.1 Å². The number of ether oxygens (including phenoxy) is 1. The van der Waals surface area contributed by atoms with Gasteiger partial charge in [-0.1, -0.05) is 29.8 Å². The summed E-state index contributed by atoms with van der Waals surface area (Å²) in [5.41, 5.74) is 2.42. The second kappa shape index (κ2) is 9.94. The zero-order valence-corrected chi connectivity index (χ0v) is 17.8. The molecule has 30 heavy (non-hydrogen) atoms. The summed E-state index contributed by atoms with van der Waals surface area (Å²) in [7, 11) is 1.29. The second-order valence-electron chi connectivity index (χ2n) is 8.73. The molecule has 4 atom stereocenters. The average Bonchev–Trinajstić information content (AvgIpc) is 2.72. The molecule has 2 aliphatic rings. The molecule has 3 rings (SSSR count). The molecular weight excluding hydrogens is 382 g/mol. The first-order chi connectivity index (χ1) is 14.4. The van der Waals surface area contributed by atoms with Gasteiger partial charge in [0, 0.05) is 19.6 Å². The molecule has 2 fully saturated rings. The van der Waals surface area contributed by atoms with Crippen molar-refractivity contribution < 1.29 is 19.4 Å². The number of rotatable bonds is 6. The number of methoxy groups -OCH3 is 1. The lowest BCUT2D eigenvalue weighted by Crippen LogP contribution is -2.54. The smallest absolute Gasteiger partial charge is 0.410 e. The minimum Gasteiger partial charge on any atom is -0.480 e. The molecule has 0 aromatic heterocycles. The van der Waals surface area contributed by atoms with Crippen molar-refractivity contribution in [3.63, 3.8) is 0 Å². The second-order valence-corrected chi connectivity index (χ2v) is 8.73. The number of hydrogen-bond acceptors (Lipinski definition) is 5. The van der Waals surface area contributed by atoms with Gasteiger partial charge in [-0.15, -0.1) is 0 Å². The Bertz CT molecular complexity index is 806. The molecule has 1 heterocycles. The Morgan fingerprint density at radius 2 is 2.10 bits per heavy atom. The first-order valence-electron chi connectivity index (χ1n) is 10.6. The van der Waals surface area contributed by atoms with E-state index in [9.17, 15) is 20.0 Å². The third-order valence-corrected chi connectivity index (χ3v) is 6.58. The van der Waals surface area contributed by atoms with E-state index in [0.717, 1.165) is 32.4 Å². The minimum atomic E-state index is -0.966. The van der Waals surface area contributed by atoms with E-state index in [4.69, 9.17) is 4.74 Å². The highest BCUT2D eigenvalue weighted by atomic mass is 16.5. The molecule has 162 valence electrons. The van der Waals surface area contributed by atoms with Crippen LogP contribution in [0.2, 0.25) is 0 Å². The number of amides is 1. The van der Waals surface area contributed by atoms with Crippen LogP contribution in [-0.2, 0) is 16.1 Å². The van der Waals surface area contributed by atoms with Crippen LogP contribution in [0, 0.1) is 36.0 Å². The van der Waals surface area contributed by atoms with Gasteiger partial charge in [0.2, 0.25) is 0 Å². The molecule has 1 saturated carbocycles. The van der Waals surface area contributed by atoms with Gasteiger partial charge in [-0.3, -0.25) is 9.80 Å². The third kappa shape index (κ3) is 5.31. The quantitative estimate of drug-likeness (QED) is 0.720. The van der Waals surface area contributed by atoms with Crippen LogP contribution < -0.4 is 0 Å². The molecule has 7 nitrogen and oxygen atoms in total. The number of nitriles is 1. The lowest BCUT2D eigenvalue weighted by Gasteiger charge is -2.46. The predicted molar refractivity (Wildman–Crippen MR) is 112 cm³/mol. The van der Waals surface area contributed by atoms with E-state index in [2.05, 4.69) is 36.1 Å². The van der Waals surface area contributed by atoms with Crippen molar-refractivity contribution >= 4 is 12.1 Å². The van der Waals surface area contributed by atoms with Crippen LogP contribution in [0.4, 0.5) is 4.79 Å². The normalized spacial score (nSPS) is 26.0. The molecule has 1 amide bonds. The van der Waals surface area contributed by atoms with Crippen molar-refractivity contribution in [2.45, 2.75) is 45.2 Å². The Labute approximate surface area is 178 Å². The van der Waals surface area contributed by atoms with Crippen molar-refractivity contribution in [2.24, 2.45) is 17.8 Å². The number of likely N-dealkylation sites (tertiary alicyclic amines) is 1. The van der Waals surface area contributed by atoms with E-state index in [1.165, 1.54) is 23.1 Å². The lowest BCUT2D eigenvalue weighted by molar-refractivity contribution is -0.146. The maximum atomic E-state index is 12.0. The topological polar surface area (TPSA) is 93.9 Å². The predicted octanol–water partition coefficient (Wildman–Crippen LogP) is 3.28. The standard InChI is InChI=1S/C23H31N3O4/c1-16-4-3-5-17(10-16)13-25(9-8-24)14-18-6-7-19-15-26(23(29)30-2)21(22(27)28)12-20(19)11-18/h3-5,10,18-21H,6-7,9,11-15H2,1-2H3,(H,27,28)/t18?,19-,20?,21?/m0/s1. The summed E-state index contributed by atoms with van der Waals surface area (Å²) < 4.78 is 4.80. The van der Waals surface area contributed by atoms with E-state index in [-0.39, 0.29) is 5.92 Å². The fourth-order valence-electron chi connectivity index (χ4n) is 5.18. The first kappa shape index (κ1) is 22.1. The highest BCUT2D eigenvalue weighted by Gasteiger charge is 2.44. The molecule has 1 aromatic rings. The van der Waals surface area contributed by atoms with Crippen molar-refractivity contribution in [1.82, 2.24) is 9.80 Å². The maximum Gasteiger partial charge on any atom is 0.410 e.